The van der Waals surface area contributed by atoms with Gasteiger partial charge in [-0.3, -0.25) is 4.79 Å². The summed E-state index contributed by atoms with van der Waals surface area (Å²) >= 11 is 0. The van der Waals surface area contributed by atoms with Gasteiger partial charge in [0.05, 0.1) is 7.11 Å². The zero-order chi connectivity index (χ0) is 13.7. The quantitative estimate of drug-likeness (QED) is 0.513. The lowest BCUT2D eigenvalue weighted by molar-refractivity contribution is -0.671. The molecule has 1 N–H and O–H groups in total. The van der Waals surface area contributed by atoms with Gasteiger partial charge in [0.1, 0.15) is 12.8 Å². The van der Waals surface area contributed by atoms with Gasteiger partial charge in [0.25, 0.3) is 5.91 Å². The van der Waals surface area contributed by atoms with Gasteiger partial charge >= 0.3 is 0 Å². The van der Waals surface area contributed by atoms with Crippen LogP contribution in [0.1, 0.15) is 15.9 Å². The fraction of sp³-hybridized carbons (Fsp3) is 0.200. The van der Waals surface area contributed by atoms with Gasteiger partial charge in [-0.05, 0) is 29.8 Å². The average molecular weight is 384 g/mol. The molecule has 0 aliphatic carbocycles. The van der Waals surface area contributed by atoms with Gasteiger partial charge in [0.2, 0.25) is 0 Å². The van der Waals surface area contributed by atoms with Gasteiger partial charge in [-0.1, -0.05) is 0 Å². The summed E-state index contributed by atoms with van der Waals surface area (Å²) in [5.74, 6) is 0.656. The molecule has 0 aliphatic rings. The summed E-state index contributed by atoms with van der Waals surface area (Å²) in [5.41, 5.74) is 1.70. The van der Waals surface area contributed by atoms with Crippen molar-refractivity contribution in [3.8, 4) is 5.75 Å². The number of hydrogen-bond donors (Lipinski definition) is 1. The van der Waals surface area contributed by atoms with Crippen molar-refractivity contribution >= 4 is 5.91 Å². The van der Waals surface area contributed by atoms with Gasteiger partial charge in [-0.25, -0.2) is 4.57 Å². The first kappa shape index (κ1) is 16.4. The van der Waals surface area contributed by atoms with E-state index >= 15 is 0 Å². The Morgan fingerprint density at radius 2 is 1.75 bits per heavy atom. The normalized spacial score (nSPS) is 9.50. The molecule has 2 rings (SSSR count). The second-order valence-corrected chi connectivity index (χ2v) is 4.28. The zero-order valence-corrected chi connectivity index (χ0v) is 13.6. The monoisotopic (exact) mass is 384 g/mol. The predicted octanol–water partition coefficient (Wildman–Crippen LogP) is -1.55. The van der Waals surface area contributed by atoms with Crippen LogP contribution in [0, 0.1) is 0 Å². The van der Waals surface area contributed by atoms with E-state index in [1.807, 2.05) is 36.1 Å². The Balaban J connectivity index is 0.00000200. The number of rotatable bonds is 4. The van der Waals surface area contributed by atoms with E-state index in [0.29, 0.717) is 12.1 Å². The number of carbonyl (C=O) groups excluding carboxylic acids is 1. The largest absolute Gasteiger partial charge is 1.00 e. The molecule has 0 unspecified atom stereocenters. The molecule has 0 radical (unpaired) electrons. The maximum Gasteiger partial charge on any atom is 0.251 e. The predicted molar refractivity (Wildman–Crippen MR) is 71.8 cm³/mol. The van der Waals surface area contributed by atoms with E-state index in [-0.39, 0.29) is 29.9 Å². The summed E-state index contributed by atoms with van der Waals surface area (Å²) in [5, 5.41) is 2.88. The maximum absolute atomic E-state index is 11.9. The van der Waals surface area contributed by atoms with Crippen molar-refractivity contribution in [1.29, 1.82) is 0 Å². The third-order valence-corrected chi connectivity index (χ3v) is 2.85. The van der Waals surface area contributed by atoms with Crippen LogP contribution in [0.2, 0.25) is 0 Å². The Bertz CT molecular complexity index is 553. The molecule has 1 aromatic heterocycles. The highest BCUT2D eigenvalue weighted by Crippen LogP contribution is 2.11. The van der Waals surface area contributed by atoms with Crippen LogP contribution in [-0.4, -0.2) is 13.0 Å². The van der Waals surface area contributed by atoms with E-state index in [9.17, 15) is 4.79 Å². The number of aryl methyl sites for hydroxylation is 1. The van der Waals surface area contributed by atoms with Crippen LogP contribution in [0.4, 0.5) is 0 Å². The molecule has 20 heavy (non-hydrogen) atoms. The van der Waals surface area contributed by atoms with Gasteiger partial charge in [-0.2, -0.15) is 0 Å². The van der Waals surface area contributed by atoms with Crippen molar-refractivity contribution in [2.75, 3.05) is 7.11 Å². The highest BCUT2D eigenvalue weighted by atomic mass is 127. The van der Waals surface area contributed by atoms with Crippen LogP contribution in [-0.2, 0) is 13.6 Å². The summed E-state index contributed by atoms with van der Waals surface area (Å²) in [6.45, 7) is 0.520. The molecule has 106 valence electrons. The molecule has 0 fully saturated rings. The van der Waals surface area contributed by atoms with Crippen molar-refractivity contribution in [3.63, 3.8) is 0 Å². The maximum atomic E-state index is 11.9. The lowest BCUT2D eigenvalue weighted by atomic mass is 10.2. The highest BCUT2D eigenvalue weighted by Gasteiger charge is 2.05. The molecule has 5 heteroatoms. The average Bonchev–Trinajstić information content (AvgIpc) is 2.46. The first-order valence-electron chi connectivity index (χ1n) is 6.05. The molecular formula is C15H17IN2O2. The lowest BCUT2D eigenvalue weighted by Gasteiger charge is -2.05. The van der Waals surface area contributed by atoms with E-state index in [1.165, 1.54) is 0 Å². The molecule has 0 atom stereocenters. The first-order valence-corrected chi connectivity index (χ1v) is 6.05. The van der Waals surface area contributed by atoms with Gasteiger partial charge < -0.3 is 34.0 Å². The van der Waals surface area contributed by atoms with Gasteiger partial charge in [-0.15, -0.1) is 0 Å². The number of amides is 1. The van der Waals surface area contributed by atoms with Crippen LogP contribution < -0.4 is 38.6 Å². The van der Waals surface area contributed by atoms with E-state index < -0.39 is 0 Å². The minimum atomic E-state index is -0.0871. The molecule has 0 bridgehead atoms. The summed E-state index contributed by atoms with van der Waals surface area (Å²) in [6, 6.07) is 11.0. The third-order valence-electron chi connectivity index (χ3n) is 2.85. The summed E-state index contributed by atoms with van der Waals surface area (Å²) < 4.78 is 7.01. The highest BCUT2D eigenvalue weighted by molar-refractivity contribution is 5.94. The second kappa shape index (κ2) is 7.84. The number of ether oxygens (including phenoxy) is 1. The lowest BCUT2D eigenvalue weighted by Crippen LogP contribution is -3.00. The smallest absolute Gasteiger partial charge is 0.251 e. The van der Waals surface area contributed by atoms with Crippen LogP contribution in [0.25, 0.3) is 0 Å². The number of hydrogen-bond acceptors (Lipinski definition) is 2. The molecule has 1 heterocycles. The van der Waals surface area contributed by atoms with Crippen LogP contribution in [0.15, 0.2) is 48.8 Å². The Morgan fingerprint density at radius 3 is 2.30 bits per heavy atom. The number of pyridine rings is 1. The van der Waals surface area contributed by atoms with Gasteiger partial charge in [0.15, 0.2) is 12.4 Å². The van der Waals surface area contributed by atoms with Crippen LogP contribution >= 0.6 is 0 Å². The molecule has 0 saturated carbocycles. The minimum absolute atomic E-state index is 0. The zero-order valence-electron chi connectivity index (χ0n) is 11.5. The van der Waals surface area contributed by atoms with E-state index in [0.717, 1.165) is 11.3 Å². The molecule has 0 aliphatic heterocycles. The van der Waals surface area contributed by atoms with Crippen molar-refractivity contribution in [1.82, 2.24) is 5.32 Å². The van der Waals surface area contributed by atoms with Crippen molar-refractivity contribution in [3.05, 3.63) is 59.9 Å². The topological polar surface area (TPSA) is 42.2 Å². The Hall–Kier alpha value is -1.63. The third kappa shape index (κ3) is 4.48. The molecular weight excluding hydrogens is 367 g/mol. The number of nitrogens with zero attached hydrogens (tertiary/aromatic N) is 1. The molecule has 0 saturated heterocycles. The Kier molecular flexibility index (Phi) is 6.44. The number of halogens is 1. The van der Waals surface area contributed by atoms with Crippen LogP contribution in [0.5, 0.6) is 5.75 Å². The number of nitrogens with one attached hydrogen (secondary N) is 1. The molecule has 1 amide bonds. The van der Waals surface area contributed by atoms with Crippen molar-refractivity contribution in [2.24, 2.45) is 7.05 Å². The molecule has 0 spiro atoms. The number of aromatic nitrogens is 1. The van der Waals surface area contributed by atoms with E-state index in [4.69, 9.17) is 4.74 Å². The van der Waals surface area contributed by atoms with E-state index in [2.05, 4.69) is 5.32 Å². The minimum Gasteiger partial charge on any atom is -1.00 e. The van der Waals surface area contributed by atoms with Gasteiger partial charge in [0, 0.05) is 24.2 Å². The number of benzene rings is 1. The molecule has 1 aromatic carbocycles. The Morgan fingerprint density at radius 1 is 1.15 bits per heavy atom. The number of methoxy groups -OCH3 is 1. The summed E-state index contributed by atoms with van der Waals surface area (Å²) in [7, 11) is 3.56. The first-order chi connectivity index (χ1) is 9.19. The standard InChI is InChI=1S/C15H16N2O2.HI/c1-17-9-7-12(8-10-17)11-16-15(18)13-3-5-14(19-2)6-4-13;/h3-10H,11H2,1-2H3;1H. The number of carbonyl (C=O) groups is 1. The van der Waals surface area contributed by atoms with E-state index in [1.54, 1.807) is 31.4 Å². The molecule has 2 aromatic rings. The molecule has 4 nitrogen and oxygen atoms in total. The van der Waals surface area contributed by atoms with Crippen LogP contribution in [0.3, 0.4) is 0 Å². The van der Waals surface area contributed by atoms with Crippen molar-refractivity contribution in [2.45, 2.75) is 6.54 Å². The second-order valence-electron chi connectivity index (χ2n) is 4.28. The summed E-state index contributed by atoms with van der Waals surface area (Å²) in [6.07, 6.45) is 3.91. The van der Waals surface area contributed by atoms with Crippen molar-refractivity contribution < 1.29 is 38.1 Å². The fourth-order valence-electron chi connectivity index (χ4n) is 1.68. The summed E-state index contributed by atoms with van der Waals surface area (Å²) in [4.78, 5) is 11.9. The fourth-order valence-corrected chi connectivity index (χ4v) is 1.68. The SMILES string of the molecule is COc1ccc(C(=O)NCc2cc[n+](C)cc2)cc1.[I-]. The Labute approximate surface area is 135 Å².